The average Bonchev–Trinajstić information content (AvgIpc) is 2.47. The molecule has 5 N–H and O–H groups in total. The SMILES string of the molecule is NC(CCNc1ccc(S(N)(=O)=O)cn1)c1ccccc1. The molecular formula is C14H18N4O2S. The molecule has 0 aliphatic heterocycles. The van der Waals surface area contributed by atoms with Gasteiger partial charge in [0.15, 0.2) is 0 Å². The lowest BCUT2D eigenvalue weighted by atomic mass is 10.1. The van der Waals surface area contributed by atoms with E-state index >= 15 is 0 Å². The first-order valence-electron chi connectivity index (χ1n) is 6.50. The largest absolute Gasteiger partial charge is 0.370 e. The normalized spacial score (nSPS) is 12.9. The Morgan fingerprint density at radius 2 is 1.86 bits per heavy atom. The van der Waals surface area contributed by atoms with Crippen molar-refractivity contribution in [2.45, 2.75) is 17.4 Å². The first kappa shape index (κ1) is 15.4. The van der Waals surface area contributed by atoms with Gasteiger partial charge in [-0.1, -0.05) is 30.3 Å². The summed E-state index contributed by atoms with van der Waals surface area (Å²) in [6.45, 7) is 0.637. The summed E-state index contributed by atoms with van der Waals surface area (Å²) in [4.78, 5) is 4.00. The molecule has 0 aliphatic carbocycles. The lowest BCUT2D eigenvalue weighted by molar-refractivity contribution is 0.597. The summed E-state index contributed by atoms with van der Waals surface area (Å²) in [7, 11) is -3.70. The van der Waals surface area contributed by atoms with E-state index in [0.29, 0.717) is 12.4 Å². The highest BCUT2D eigenvalue weighted by molar-refractivity contribution is 7.89. The first-order valence-corrected chi connectivity index (χ1v) is 8.05. The monoisotopic (exact) mass is 306 g/mol. The number of nitrogens with one attached hydrogen (secondary N) is 1. The number of nitrogens with two attached hydrogens (primary N) is 2. The number of hydrogen-bond acceptors (Lipinski definition) is 5. The van der Waals surface area contributed by atoms with Gasteiger partial charge in [-0.2, -0.15) is 0 Å². The number of nitrogens with zero attached hydrogens (tertiary/aromatic N) is 1. The van der Waals surface area contributed by atoms with Crippen LogP contribution in [0, 0.1) is 0 Å². The Kier molecular flexibility index (Phi) is 4.89. The van der Waals surface area contributed by atoms with E-state index in [1.165, 1.54) is 12.3 Å². The molecule has 0 fully saturated rings. The highest BCUT2D eigenvalue weighted by atomic mass is 32.2. The zero-order valence-electron chi connectivity index (χ0n) is 11.4. The number of sulfonamides is 1. The molecule has 1 heterocycles. The van der Waals surface area contributed by atoms with Crippen LogP contribution >= 0.6 is 0 Å². The van der Waals surface area contributed by atoms with Crippen LogP contribution < -0.4 is 16.2 Å². The molecule has 0 amide bonds. The number of benzene rings is 1. The van der Waals surface area contributed by atoms with Crippen LogP contribution in [0.15, 0.2) is 53.6 Å². The smallest absolute Gasteiger partial charge is 0.239 e. The predicted molar refractivity (Wildman–Crippen MR) is 82.1 cm³/mol. The summed E-state index contributed by atoms with van der Waals surface area (Å²) in [6, 6.07) is 12.8. The molecule has 0 radical (unpaired) electrons. The van der Waals surface area contributed by atoms with Crippen LogP contribution in [0.4, 0.5) is 5.82 Å². The Labute approximate surface area is 124 Å². The van der Waals surface area contributed by atoms with Crippen LogP contribution in [0.3, 0.4) is 0 Å². The Morgan fingerprint density at radius 3 is 2.43 bits per heavy atom. The average molecular weight is 306 g/mol. The van der Waals surface area contributed by atoms with Crippen molar-refractivity contribution in [2.24, 2.45) is 10.9 Å². The van der Waals surface area contributed by atoms with E-state index in [1.807, 2.05) is 30.3 Å². The molecule has 1 aromatic carbocycles. The van der Waals surface area contributed by atoms with E-state index in [2.05, 4.69) is 10.3 Å². The number of primary sulfonamides is 1. The van der Waals surface area contributed by atoms with Crippen LogP contribution in [0.5, 0.6) is 0 Å². The van der Waals surface area contributed by atoms with E-state index in [-0.39, 0.29) is 10.9 Å². The minimum Gasteiger partial charge on any atom is -0.370 e. The van der Waals surface area contributed by atoms with Gasteiger partial charge in [0.05, 0.1) is 0 Å². The van der Waals surface area contributed by atoms with Gasteiger partial charge in [0.2, 0.25) is 10.0 Å². The van der Waals surface area contributed by atoms with Crippen LogP contribution in [-0.2, 0) is 10.0 Å². The summed E-state index contributed by atoms with van der Waals surface area (Å²) >= 11 is 0. The molecule has 6 nitrogen and oxygen atoms in total. The third kappa shape index (κ3) is 4.52. The topological polar surface area (TPSA) is 111 Å². The molecule has 0 saturated carbocycles. The van der Waals surface area contributed by atoms with Gasteiger partial charge >= 0.3 is 0 Å². The summed E-state index contributed by atoms with van der Waals surface area (Å²) in [5.41, 5.74) is 7.16. The number of anilines is 1. The zero-order chi connectivity index (χ0) is 15.3. The second-order valence-electron chi connectivity index (χ2n) is 4.66. The lowest BCUT2D eigenvalue weighted by Gasteiger charge is -2.12. The van der Waals surface area contributed by atoms with Crippen molar-refractivity contribution in [1.82, 2.24) is 4.98 Å². The van der Waals surface area contributed by atoms with E-state index in [1.54, 1.807) is 6.07 Å². The molecule has 2 rings (SSSR count). The van der Waals surface area contributed by atoms with Crippen molar-refractivity contribution >= 4 is 15.8 Å². The summed E-state index contributed by atoms with van der Waals surface area (Å²) in [5, 5.41) is 8.10. The molecule has 1 unspecified atom stereocenters. The zero-order valence-corrected chi connectivity index (χ0v) is 12.3. The standard InChI is InChI=1S/C14H18N4O2S/c15-13(11-4-2-1-3-5-11)8-9-17-14-7-6-12(10-18-14)21(16,19)20/h1-7,10,13H,8-9,15H2,(H,17,18)(H2,16,19,20). The fraction of sp³-hybridized carbons (Fsp3) is 0.214. The minimum absolute atomic E-state index is 0.00552. The minimum atomic E-state index is -3.70. The fourth-order valence-electron chi connectivity index (χ4n) is 1.88. The molecule has 0 spiro atoms. The molecule has 1 atom stereocenters. The highest BCUT2D eigenvalue weighted by Crippen LogP contribution is 2.14. The van der Waals surface area contributed by atoms with Crippen molar-refractivity contribution in [2.75, 3.05) is 11.9 Å². The van der Waals surface area contributed by atoms with Crippen molar-refractivity contribution in [3.05, 3.63) is 54.2 Å². The van der Waals surface area contributed by atoms with Crippen molar-refractivity contribution < 1.29 is 8.42 Å². The van der Waals surface area contributed by atoms with Crippen molar-refractivity contribution in [3.63, 3.8) is 0 Å². The van der Waals surface area contributed by atoms with Gasteiger partial charge in [0.1, 0.15) is 10.7 Å². The summed E-state index contributed by atoms with van der Waals surface area (Å²) in [6.07, 6.45) is 1.97. The second kappa shape index (κ2) is 6.66. The van der Waals surface area contributed by atoms with E-state index in [0.717, 1.165) is 12.0 Å². The van der Waals surface area contributed by atoms with Gasteiger partial charge in [0.25, 0.3) is 0 Å². The second-order valence-corrected chi connectivity index (χ2v) is 6.22. The summed E-state index contributed by atoms with van der Waals surface area (Å²) in [5.74, 6) is 0.586. The molecule has 0 aliphatic rings. The highest BCUT2D eigenvalue weighted by Gasteiger charge is 2.08. The first-order chi connectivity index (χ1) is 9.97. The quantitative estimate of drug-likeness (QED) is 0.743. The molecule has 2 aromatic rings. The van der Waals surface area contributed by atoms with Crippen LogP contribution in [0.1, 0.15) is 18.0 Å². The number of rotatable bonds is 6. The molecule has 0 bridgehead atoms. The Bertz CT molecular complexity index is 672. The maximum absolute atomic E-state index is 11.1. The lowest BCUT2D eigenvalue weighted by Crippen LogP contribution is -2.16. The van der Waals surface area contributed by atoms with Gasteiger partial charge in [-0.05, 0) is 24.1 Å². The van der Waals surface area contributed by atoms with Crippen molar-refractivity contribution in [3.8, 4) is 0 Å². The number of hydrogen-bond donors (Lipinski definition) is 3. The third-order valence-electron chi connectivity index (χ3n) is 3.05. The van der Waals surface area contributed by atoms with Gasteiger partial charge in [-0.3, -0.25) is 0 Å². The number of pyridine rings is 1. The molecule has 7 heteroatoms. The Morgan fingerprint density at radius 1 is 1.14 bits per heavy atom. The fourth-order valence-corrected chi connectivity index (χ4v) is 2.33. The predicted octanol–water partition coefficient (Wildman–Crippen LogP) is 1.23. The molecular weight excluding hydrogens is 288 g/mol. The third-order valence-corrected chi connectivity index (χ3v) is 3.95. The van der Waals surface area contributed by atoms with E-state index in [9.17, 15) is 8.42 Å². The maximum atomic E-state index is 11.1. The van der Waals surface area contributed by atoms with Gasteiger partial charge < -0.3 is 11.1 Å². The maximum Gasteiger partial charge on any atom is 0.239 e. The van der Waals surface area contributed by atoms with Crippen LogP contribution in [0.2, 0.25) is 0 Å². The summed E-state index contributed by atoms with van der Waals surface area (Å²) < 4.78 is 22.2. The molecule has 21 heavy (non-hydrogen) atoms. The van der Waals surface area contributed by atoms with Gasteiger partial charge in [-0.25, -0.2) is 18.5 Å². The van der Waals surface area contributed by atoms with Crippen LogP contribution in [-0.4, -0.2) is 19.9 Å². The molecule has 0 saturated heterocycles. The van der Waals surface area contributed by atoms with Crippen LogP contribution in [0.25, 0.3) is 0 Å². The van der Waals surface area contributed by atoms with Gasteiger partial charge in [0, 0.05) is 18.8 Å². The van der Waals surface area contributed by atoms with Gasteiger partial charge in [-0.15, -0.1) is 0 Å². The van der Waals surface area contributed by atoms with Crippen molar-refractivity contribution in [1.29, 1.82) is 0 Å². The Balaban J connectivity index is 1.86. The molecule has 112 valence electrons. The molecule has 1 aromatic heterocycles. The van der Waals surface area contributed by atoms with E-state index in [4.69, 9.17) is 10.9 Å². The number of aromatic nitrogens is 1. The Hall–Kier alpha value is -1.96. The van der Waals surface area contributed by atoms with E-state index < -0.39 is 10.0 Å².